The van der Waals surface area contributed by atoms with Gasteiger partial charge in [-0.25, -0.2) is 4.98 Å². The van der Waals surface area contributed by atoms with Gasteiger partial charge in [0.1, 0.15) is 5.82 Å². The highest BCUT2D eigenvalue weighted by Crippen LogP contribution is 2.28. The molecule has 148 valence electrons. The van der Waals surface area contributed by atoms with Gasteiger partial charge in [-0.1, -0.05) is 12.1 Å². The fraction of sp³-hybridized carbons (Fsp3) is 0. The van der Waals surface area contributed by atoms with Gasteiger partial charge in [-0.05, 0) is 64.5 Å². The molecular formula is C20H15BrN8S. The molecule has 30 heavy (non-hydrogen) atoms. The molecule has 0 spiro atoms. The van der Waals surface area contributed by atoms with Crippen molar-refractivity contribution >= 4 is 62.3 Å². The van der Waals surface area contributed by atoms with E-state index in [0.29, 0.717) is 16.5 Å². The van der Waals surface area contributed by atoms with Crippen LogP contribution in [0.3, 0.4) is 0 Å². The van der Waals surface area contributed by atoms with E-state index in [1.165, 1.54) is 0 Å². The van der Waals surface area contributed by atoms with Crippen LogP contribution in [0.5, 0.6) is 0 Å². The topological polar surface area (TPSA) is 110 Å². The second-order valence-corrected chi connectivity index (χ2v) is 7.79. The number of fused-ring (bicyclic) bond motifs is 1. The molecule has 3 aromatic heterocycles. The van der Waals surface area contributed by atoms with Crippen molar-refractivity contribution in [2.45, 2.75) is 0 Å². The summed E-state index contributed by atoms with van der Waals surface area (Å²) in [5.74, 6) is 1.12. The van der Waals surface area contributed by atoms with E-state index < -0.39 is 0 Å². The van der Waals surface area contributed by atoms with Crippen LogP contribution in [-0.2, 0) is 0 Å². The van der Waals surface area contributed by atoms with Crippen LogP contribution in [0.4, 0.5) is 23.1 Å². The lowest BCUT2D eigenvalue weighted by atomic mass is 10.1. The Bertz CT molecular complexity index is 1390. The molecule has 5 aromatic rings. The SMILES string of the molecule is S=c1[nH]c2ccc(Nc3ncc(Br)c(Nc4cccc(-c5ccn[nH]5)c4)n3)cc2[nH]1. The highest BCUT2D eigenvalue weighted by molar-refractivity contribution is 9.10. The van der Waals surface area contributed by atoms with Gasteiger partial charge in [0.25, 0.3) is 0 Å². The fourth-order valence-corrected chi connectivity index (χ4v) is 3.58. The van der Waals surface area contributed by atoms with Crippen molar-refractivity contribution in [3.05, 3.63) is 70.2 Å². The van der Waals surface area contributed by atoms with Crippen molar-refractivity contribution in [2.24, 2.45) is 0 Å². The van der Waals surface area contributed by atoms with Gasteiger partial charge in [0.2, 0.25) is 5.95 Å². The van der Waals surface area contributed by atoms with Gasteiger partial charge >= 0.3 is 0 Å². The predicted molar refractivity (Wildman–Crippen MR) is 124 cm³/mol. The minimum absolute atomic E-state index is 0.471. The first-order valence-corrected chi connectivity index (χ1v) is 10.2. The number of imidazole rings is 1. The normalized spacial score (nSPS) is 11.0. The molecule has 0 saturated heterocycles. The van der Waals surface area contributed by atoms with Crippen LogP contribution >= 0.6 is 28.1 Å². The van der Waals surface area contributed by atoms with Gasteiger partial charge < -0.3 is 20.6 Å². The van der Waals surface area contributed by atoms with E-state index >= 15 is 0 Å². The van der Waals surface area contributed by atoms with E-state index in [0.717, 1.165) is 38.1 Å². The number of hydrogen-bond donors (Lipinski definition) is 5. The Morgan fingerprint density at radius 1 is 0.933 bits per heavy atom. The molecule has 2 aromatic carbocycles. The molecule has 0 atom stereocenters. The molecule has 0 aliphatic heterocycles. The quantitative estimate of drug-likeness (QED) is 0.208. The number of H-pyrrole nitrogens is 3. The molecule has 0 saturated carbocycles. The van der Waals surface area contributed by atoms with Crippen molar-refractivity contribution in [3.63, 3.8) is 0 Å². The largest absolute Gasteiger partial charge is 0.339 e. The van der Waals surface area contributed by atoms with Crippen LogP contribution in [0, 0.1) is 4.77 Å². The minimum atomic E-state index is 0.471. The van der Waals surface area contributed by atoms with Crippen molar-refractivity contribution in [1.82, 2.24) is 30.1 Å². The van der Waals surface area contributed by atoms with Gasteiger partial charge in [-0.15, -0.1) is 0 Å². The van der Waals surface area contributed by atoms with Crippen LogP contribution in [0.1, 0.15) is 0 Å². The summed E-state index contributed by atoms with van der Waals surface area (Å²) in [4.78, 5) is 15.2. The lowest BCUT2D eigenvalue weighted by molar-refractivity contribution is 1.10. The van der Waals surface area contributed by atoms with Crippen LogP contribution in [-0.4, -0.2) is 30.1 Å². The summed E-state index contributed by atoms with van der Waals surface area (Å²) in [7, 11) is 0. The number of anilines is 4. The number of benzene rings is 2. The molecule has 5 N–H and O–H groups in total. The summed E-state index contributed by atoms with van der Waals surface area (Å²) in [5.41, 5.74) is 5.58. The average Bonchev–Trinajstić information content (AvgIpc) is 3.39. The average molecular weight is 479 g/mol. The van der Waals surface area contributed by atoms with Crippen LogP contribution in [0.25, 0.3) is 22.3 Å². The standard InChI is InChI=1S/C20H15BrN8S/c21-14-10-22-19(25-13-4-5-16-17(9-13)27-20(30)26-16)28-18(14)24-12-3-1-2-11(8-12)15-6-7-23-29-15/h1-10H,(H,23,29)(H2,26,27,30)(H2,22,24,25,28). The molecule has 8 nitrogen and oxygen atoms in total. The molecule has 0 bridgehead atoms. The Morgan fingerprint density at radius 2 is 1.80 bits per heavy atom. The van der Waals surface area contributed by atoms with E-state index in [-0.39, 0.29) is 0 Å². The third-order valence-corrected chi connectivity index (χ3v) is 5.24. The third kappa shape index (κ3) is 3.82. The number of hydrogen-bond acceptors (Lipinski definition) is 6. The second kappa shape index (κ2) is 7.73. The van der Waals surface area contributed by atoms with Gasteiger partial charge in [0.15, 0.2) is 4.77 Å². The Balaban J connectivity index is 1.40. The smallest absolute Gasteiger partial charge is 0.229 e. The summed E-state index contributed by atoms with van der Waals surface area (Å²) in [6.07, 6.45) is 3.44. The first-order valence-electron chi connectivity index (χ1n) is 9.02. The molecule has 0 fully saturated rings. The van der Waals surface area contributed by atoms with Crippen molar-refractivity contribution in [1.29, 1.82) is 0 Å². The summed E-state index contributed by atoms with van der Waals surface area (Å²) in [6.45, 7) is 0. The zero-order chi connectivity index (χ0) is 20.5. The summed E-state index contributed by atoms with van der Waals surface area (Å²) < 4.78 is 1.34. The third-order valence-electron chi connectivity index (χ3n) is 4.45. The first kappa shape index (κ1) is 18.5. The fourth-order valence-electron chi connectivity index (χ4n) is 3.07. The summed E-state index contributed by atoms with van der Waals surface area (Å²) >= 11 is 8.65. The lowest BCUT2D eigenvalue weighted by Crippen LogP contribution is -2.01. The van der Waals surface area contributed by atoms with Crippen LogP contribution in [0.15, 0.2) is 65.4 Å². The summed E-state index contributed by atoms with van der Waals surface area (Å²) in [6, 6.07) is 15.8. The molecule has 0 amide bonds. The van der Waals surface area contributed by atoms with Crippen molar-refractivity contribution < 1.29 is 0 Å². The van der Waals surface area contributed by atoms with Crippen LogP contribution < -0.4 is 10.6 Å². The van der Waals surface area contributed by atoms with E-state index in [9.17, 15) is 0 Å². The van der Waals surface area contributed by atoms with E-state index in [1.807, 2.05) is 48.5 Å². The molecule has 3 heterocycles. The zero-order valence-corrected chi connectivity index (χ0v) is 17.8. The van der Waals surface area contributed by atoms with E-state index in [4.69, 9.17) is 12.2 Å². The Hall–Kier alpha value is -3.50. The Kier molecular flexibility index (Phi) is 4.77. The van der Waals surface area contributed by atoms with Gasteiger partial charge in [-0.3, -0.25) is 5.10 Å². The maximum absolute atomic E-state index is 5.14. The number of rotatable bonds is 5. The monoisotopic (exact) mass is 478 g/mol. The maximum atomic E-state index is 5.14. The number of halogens is 1. The molecular weight excluding hydrogens is 464 g/mol. The summed E-state index contributed by atoms with van der Waals surface area (Å²) in [5, 5.41) is 13.5. The highest BCUT2D eigenvalue weighted by atomic mass is 79.9. The van der Waals surface area contributed by atoms with Gasteiger partial charge in [-0.2, -0.15) is 10.1 Å². The predicted octanol–water partition coefficient (Wildman–Crippen LogP) is 5.66. The maximum Gasteiger partial charge on any atom is 0.229 e. The molecule has 5 rings (SSSR count). The number of aromatic nitrogens is 6. The molecule has 10 heteroatoms. The van der Waals surface area contributed by atoms with E-state index in [2.05, 4.69) is 56.7 Å². The Labute approximate surface area is 184 Å². The van der Waals surface area contributed by atoms with Crippen LogP contribution in [0.2, 0.25) is 0 Å². The first-order chi connectivity index (χ1) is 14.6. The second-order valence-electron chi connectivity index (χ2n) is 6.53. The van der Waals surface area contributed by atoms with Gasteiger partial charge in [0, 0.05) is 29.3 Å². The van der Waals surface area contributed by atoms with Crippen molar-refractivity contribution in [2.75, 3.05) is 10.6 Å². The number of nitrogens with one attached hydrogen (secondary N) is 5. The minimum Gasteiger partial charge on any atom is -0.339 e. The number of nitrogens with zero attached hydrogens (tertiary/aromatic N) is 3. The Morgan fingerprint density at radius 3 is 2.67 bits per heavy atom. The van der Waals surface area contributed by atoms with Crippen molar-refractivity contribution in [3.8, 4) is 11.3 Å². The zero-order valence-electron chi connectivity index (χ0n) is 15.4. The molecule has 0 aliphatic rings. The molecule has 0 radical (unpaired) electrons. The number of aromatic amines is 3. The highest BCUT2D eigenvalue weighted by Gasteiger charge is 2.08. The lowest BCUT2D eigenvalue weighted by Gasteiger charge is -2.11. The van der Waals surface area contributed by atoms with E-state index in [1.54, 1.807) is 12.4 Å². The molecule has 0 aliphatic carbocycles. The van der Waals surface area contributed by atoms with Gasteiger partial charge in [0.05, 0.1) is 21.2 Å². The molecule has 0 unspecified atom stereocenters.